The summed E-state index contributed by atoms with van der Waals surface area (Å²) in [7, 11) is 0. The molecule has 122 valence electrons. The predicted molar refractivity (Wildman–Crippen MR) is 83.4 cm³/mol. The zero-order chi connectivity index (χ0) is 16.1. The maximum atomic E-state index is 12.8. The van der Waals surface area contributed by atoms with Gasteiger partial charge in [0.25, 0.3) is 5.91 Å². The van der Waals surface area contributed by atoms with Crippen molar-refractivity contribution in [2.75, 3.05) is 24.5 Å². The minimum Gasteiger partial charge on any atom is -0.465 e. The van der Waals surface area contributed by atoms with Crippen LogP contribution in [0.5, 0.6) is 0 Å². The summed E-state index contributed by atoms with van der Waals surface area (Å²) in [6.07, 6.45) is 2.09. The number of hydrogen-bond donors (Lipinski definition) is 1. The van der Waals surface area contributed by atoms with Crippen LogP contribution >= 0.6 is 0 Å². The summed E-state index contributed by atoms with van der Waals surface area (Å²) in [5, 5.41) is 9.32. The number of anilines is 1. The first-order chi connectivity index (χ1) is 11.0. The van der Waals surface area contributed by atoms with Crippen molar-refractivity contribution in [2.24, 2.45) is 0 Å². The Hall–Kier alpha value is -2.08. The topological polar surface area (TPSA) is 70.1 Å². The zero-order valence-corrected chi connectivity index (χ0v) is 12.9. The summed E-state index contributed by atoms with van der Waals surface area (Å²) in [5.41, 5.74) is -0.453. The van der Waals surface area contributed by atoms with E-state index < -0.39 is 17.3 Å². The second kappa shape index (κ2) is 4.96. The lowest BCUT2D eigenvalue weighted by molar-refractivity contribution is -0.171. The van der Waals surface area contributed by atoms with Crippen molar-refractivity contribution in [3.63, 3.8) is 0 Å². The Kier molecular flexibility index (Phi) is 3.13. The predicted octanol–water partition coefficient (Wildman–Crippen LogP) is 2.10. The van der Waals surface area contributed by atoms with Crippen molar-refractivity contribution >= 4 is 17.7 Å². The number of hydrogen-bond acceptors (Lipinski definition) is 3. The van der Waals surface area contributed by atoms with E-state index in [-0.39, 0.29) is 5.91 Å². The van der Waals surface area contributed by atoms with Crippen LogP contribution in [0.25, 0.3) is 0 Å². The minimum absolute atomic E-state index is 0.0155. The van der Waals surface area contributed by atoms with Crippen molar-refractivity contribution < 1.29 is 19.4 Å². The average molecular weight is 316 g/mol. The van der Waals surface area contributed by atoms with E-state index in [0.29, 0.717) is 19.6 Å². The van der Waals surface area contributed by atoms with Crippen molar-refractivity contribution in [3.05, 3.63) is 30.3 Å². The zero-order valence-electron chi connectivity index (χ0n) is 12.9. The molecule has 3 aliphatic rings. The Morgan fingerprint density at radius 3 is 2.52 bits per heavy atom. The van der Waals surface area contributed by atoms with Gasteiger partial charge in [-0.05, 0) is 37.8 Å². The van der Waals surface area contributed by atoms with E-state index >= 15 is 0 Å². The van der Waals surface area contributed by atoms with Crippen LogP contribution in [-0.2, 0) is 9.53 Å². The van der Waals surface area contributed by atoms with E-state index in [1.54, 1.807) is 4.90 Å². The summed E-state index contributed by atoms with van der Waals surface area (Å²) >= 11 is 0. The fraction of sp³-hybridized carbons (Fsp3) is 0.529. The molecule has 6 nitrogen and oxygen atoms in total. The van der Waals surface area contributed by atoms with Crippen LogP contribution in [0.4, 0.5) is 10.5 Å². The van der Waals surface area contributed by atoms with Gasteiger partial charge in [-0.25, -0.2) is 4.79 Å². The highest BCUT2D eigenvalue weighted by molar-refractivity contribution is 6.02. The molecule has 2 saturated heterocycles. The second-order valence-electron chi connectivity index (χ2n) is 6.81. The van der Waals surface area contributed by atoms with Crippen LogP contribution in [0.1, 0.15) is 25.7 Å². The van der Waals surface area contributed by atoms with Gasteiger partial charge in [0.2, 0.25) is 0 Å². The fourth-order valence-electron chi connectivity index (χ4n) is 3.82. The monoisotopic (exact) mass is 316 g/mol. The molecule has 23 heavy (non-hydrogen) atoms. The molecule has 2 amide bonds. The lowest BCUT2D eigenvalue weighted by atomic mass is 9.89. The van der Waals surface area contributed by atoms with Crippen LogP contribution in [-0.4, -0.2) is 52.8 Å². The number of para-hydroxylation sites is 1. The molecule has 1 unspecified atom stereocenters. The molecule has 0 aromatic heterocycles. The Labute approximate surface area is 134 Å². The molecule has 2 aliphatic heterocycles. The van der Waals surface area contributed by atoms with Gasteiger partial charge in [0.1, 0.15) is 11.2 Å². The largest absolute Gasteiger partial charge is 0.465 e. The first-order valence-corrected chi connectivity index (χ1v) is 8.09. The molecule has 1 N–H and O–H groups in total. The highest BCUT2D eigenvalue weighted by Gasteiger charge is 2.62. The van der Waals surface area contributed by atoms with Crippen molar-refractivity contribution in [1.82, 2.24) is 4.90 Å². The maximum absolute atomic E-state index is 12.8. The van der Waals surface area contributed by atoms with E-state index in [4.69, 9.17) is 4.74 Å². The molecular formula is C17H20N2O4. The molecule has 1 aromatic rings. The van der Waals surface area contributed by atoms with E-state index in [1.807, 2.05) is 30.3 Å². The summed E-state index contributed by atoms with van der Waals surface area (Å²) < 4.78 is 6.26. The number of carboxylic acid groups (broad SMARTS) is 1. The molecule has 1 atom stereocenters. The third kappa shape index (κ3) is 2.37. The van der Waals surface area contributed by atoms with E-state index in [9.17, 15) is 14.7 Å². The molecule has 1 saturated carbocycles. The summed E-state index contributed by atoms with van der Waals surface area (Å²) in [4.78, 5) is 27.4. The lowest BCUT2D eigenvalue weighted by Crippen LogP contribution is -2.65. The van der Waals surface area contributed by atoms with Crippen LogP contribution in [0.15, 0.2) is 30.3 Å². The van der Waals surface area contributed by atoms with Crippen molar-refractivity contribution in [3.8, 4) is 0 Å². The summed E-state index contributed by atoms with van der Waals surface area (Å²) in [6.45, 7) is 1.29. The van der Waals surface area contributed by atoms with Gasteiger partial charge in [0.15, 0.2) is 0 Å². The van der Waals surface area contributed by atoms with Gasteiger partial charge in [0, 0.05) is 12.2 Å². The minimum atomic E-state index is -0.916. The smallest absolute Gasteiger partial charge is 0.407 e. The summed E-state index contributed by atoms with van der Waals surface area (Å²) in [6, 6.07) is 9.59. The molecule has 1 aromatic carbocycles. The Morgan fingerprint density at radius 2 is 1.87 bits per heavy atom. The first kappa shape index (κ1) is 14.5. The fourth-order valence-corrected chi connectivity index (χ4v) is 3.82. The second-order valence-corrected chi connectivity index (χ2v) is 6.81. The number of morpholine rings is 1. The van der Waals surface area contributed by atoms with Gasteiger partial charge in [-0.2, -0.15) is 0 Å². The Bertz CT molecular complexity index is 643. The Balaban J connectivity index is 1.67. The lowest BCUT2D eigenvalue weighted by Gasteiger charge is -2.50. The SMILES string of the molecule is O=C(O)N1CCCC2(C1)CN(c1ccccc1)C(=O)C1(CC1)O2. The van der Waals surface area contributed by atoms with Crippen LogP contribution in [0, 0.1) is 0 Å². The number of rotatable bonds is 1. The van der Waals surface area contributed by atoms with Crippen LogP contribution < -0.4 is 4.90 Å². The van der Waals surface area contributed by atoms with E-state index in [1.165, 1.54) is 4.90 Å². The van der Waals surface area contributed by atoms with E-state index in [0.717, 1.165) is 31.4 Å². The van der Waals surface area contributed by atoms with Crippen LogP contribution in [0.3, 0.4) is 0 Å². The number of carbonyl (C=O) groups excluding carboxylic acids is 1. The molecule has 0 radical (unpaired) electrons. The van der Waals surface area contributed by atoms with Gasteiger partial charge >= 0.3 is 6.09 Å². The average Bonchev–Trinajstić information content (AvgIpc) is 3.32. The van der Waals surface area contributed by atoms with Crippen LogP contribution in [0.2, 0.25) is 0 Å². The highest BCUT2D eigenvalue weighted by Crippen LogP contribution is 2.50. The van der Waals surface area contributed by atoms with Gasteiger partial charge in [-0.15, -0.1) is 0 Å². The number of carbonyl (C=O) groups is 2. The molecule has 2 heterocycles. The number of benzene rings is 1. The first-order valence-electron chi connectivity index (χ1n) is 8.09. The molecule has 4 rings (SSSR count). The highest BCUT2D eigenvalue weighted by atomic mass is 16.5. The molecule has 6 heteroatoms. The Morgan fingerprint density at radius 1 is 1.13 bits per heavy atom. The van der Waals surface area contributed by atoms with Gasteiger partial charge in [0.05, 0.1) is 13.1 Å². The van der Waals surface area contributed by atoms with Gasteiger partial charge < -0.3 is 19.6 Å². The number of likely N-dealkylation sites (tertiary alicyclic amines) is 1. The quantitative estimate of drug-likeness (QED) is 0.861. The van der Waals surface area contributed by atoms with E-state index in [2.05, 4.69) is 0 Å². The molecular weight excluding hydrogens is 296 g/mol. The number of ether oxygens (including phenoxy) is 1. The van der Waals surface area contributed by atoms with Crippen molar-refractivity contribution in [2.45, 2.75) is 36.9 Å². The number of piperidine rings is 1. The molecule has 3 fully saturated rings. The third-order valence-electron chi connectivity index (χ3n) is 5.08. The number of amides is 2. The number of nitrogens with zero attached hydrogens (tertiary/aromatic N) is 2. The maximum Gasteiger partial charge on any atom is 0.407 e. The molecule has 0 bridgehead atoms. The molecule has 2 spiro atoms. The normalized spacial score (nSPS) is 29.1. The summed E-state index contributed by atoms with van der Waals surface area (Å²) in [5.74, 6) is 0.0155. The third-order valence-corrected chi connectivity index (χ3v) is 5.08. The molecule has 1 aliphatic carbocycles. The van der Waals surface area contributed by atoms with Gasteiger partial charge in [-0.3, -0.25) is 4.79 Å². The standard InChI is InChI=1S/C17H20N2O4/c20-14-17(8-9-17)23-16(7-4-10-18(11-16)15(21)22)12-19(14)13-5-2-1-3-6-13/h1-3,5-6H,4,7-12H2,(H,21,22). The van der Waals surface area contributed by atoms with Gasteiger partial charge in [-0.1, -0.05) is 18.2 Å². The van der Waals surface area contributed by atoms with Crippen molar-refractivity contribution in [1.29, 1.82) is 0 Å².